The van der Waals surface area contributed by atoms with Crippen molar-refractivity contribution in [2.75, 3.05) is 6.61 Å². The monoisotopic (exact) mass is 559 g/mol. The molecule has 3 aromatic rings. The summed E-state index contributed by atoms with van der Waals surface area (Å²) in [6.45, 7) is 3.62. The lowest BCUT2D eigenvalue weighted by Crippen LogP contribution is -2.26. The van der Waals surface area contributed by atoms with Gasteiger partial charge in [0.1, 0.15) is 11.6 Å². The van der Waals surface area contributed by atoms with E-state index in [0.717, 1.165) is 30.2 Å². The number of ether oxygens (including phenoxy) is 2. The standard InChI is InChI=1S/C26H27BrClN3O4/c1-3-34-26(33)16(2)35-23-12-9-17(13-21(23)28)15-29-31-24(18-7-5-4-6-8-18)30-22-11-10-19(27)14-20(22)25(31)32/h9-16,18H,3-8H2,1-2H3/t16-/m0/s1. The number of nitrogens with zero attached hydrogens (tertiary/aromatic N) is 3. The van der Waals surface area contributed by atoms with Gasteiger partial charge in [0.2, 0.25) is 0 Å². The van der Waals surface area contributed by atoms with Gasteiger partial charge in [0.15, 0.2) is 6.10 Å². The number of carbonyl (C=O) groups is 1. The Morgan fingerprint density at radius 1 is 1.26 bits per heavy atom. The molecule has 35 heavy (non-hydrogen) atoms. The predicted molar refractivity (Wildman–Crippen MR) is 141 cm³/mol. The van der Waals surface area contributed by atoms with Crippen molar-refractivity contribution in [3.05, 3.63) is 67.6 Å². The van der Waals surface area contributed by atoms with Crippen LogP contribution in [0.4, 0.5) is 0 Å². The molecule has 9 heteroatoms. The van der Waals surface area contributed by atoms with Crippen LogP contribution in [0.25, 0.3) is 10.9 Å². The van der Waals surface area contributed by atoms with E-state index < -0.39 is 12.1 Å². The van der Waals surface area contributed by atoms with Crippen LogP contribution < -0.4 is 10.3 Å². The zero-order chi connectivity index (χ0) is 24.9. The fourth-order valence-corrected chi connectivity index (χ4v) is 4.81. The zero-order valence-corrected chi connectivity index (χ0v) is 22.0. The molecule has 1 saturated carbocycles. The molecule has 0 spiro atoms. The van der Waals surface area contributed by atoms with E-state index in [1.165, 1.54) is 11.1 Å². The van der Waals surface area contributed by atoms with E-state index in [-0.39, 0.29) is 18.1 Å². The summed E-state index contributed by atoms with van der Waals surface area (Å²) in [4.78, 5) is 30.1. The first-order chi connectivity index (χ1) is 16.9. The first kappa shape index (κ1) is 25.4. The fraction of sp³-hybridized carbons (Fsp3) is 0.385. The van der Waals surface area contributed by atoms with Gasteiger partial charge in [-0.15, -0.1) is 0 Å². The number of hydrogen-bond acceptors (Lipinski definition) is 6. The molecule has 1 atom stereocenters. The average molecular weight is 561 g/mol. The summed E-state index contributed by atoms with van der Waals surface area (Å²) in [5.74, 6) is 0.779. The SMILES string of the molecule is CCOC(=O)[C@H](C)Oc1ccc(C=Nn2c(C3CCCCC3)nc3ccc(Br)cc3c2=O)cc1Cl. The van der Waals surface area contributed by atoms with E-state index in [1.807, 2.05) is 12.1 Å². The molecule has 184 valence electrons. The molecule has 0 radical (unpaired) electrons. The number of aromatic nitrogens is 2. The van der Waals surface area contributed by atoms with E-state index in [1.54, 1.807) is 44.3 Å². The first-order valence-electron chi connectivity index (χ1n) is 11.8. The number of esters is 1. The maximum atomic E-state index is 13.4. The Bertz CT molecular complexity index is 1320. The summed E-state index contributed by atoms with van der Waals surface area (Å²) in [6, 6.07) is 10.6. The number of rotatable bonds is 7. The highest BCUT2D eigenvalue weighted by Crippen LogP contribution is 2.32. The molecule has 1 aromatic heterocycles. The van der Waals surface area contributed by atoms with Crippen LogP contribution in [0.3, 0.4) is 0 Å². The van der Waals surface area contributed by atoms with Gasteiger partial charge in [0, 0.05) is 10.4 Å². The van der Waals surface area contributed by atoms with E-state index in [2.05, 4.69) is 21.0 Å². The molecular formula is C26H27BrClN3O4. The molecule has 0 amide bonds. The topological polar surface area (TPSA) is 82.8 Å². The maximum absolute atomic E-state index is 13.4. The summed E-state index contributed by atoms with van der Waals surface area (Å²) in [6.07, 6.45) is 6.21. The minimum absolute atomic E-state index is 0.186. The van der Waals surface area contributed by atoms with Crippen LogP contribution >= 0.6 is 27.5 Å². The van der Waals surface area contributed by atoms with Crippen molar-refractivity contribution >= 4 is 50.6 Å². The van der Waals surface area contributed by atoms with Gasteiger partial charge in [-0.2, -0.15) is 9.78 Å². The summed E-state index contributed by atoms with van der Waals surface area (Å²) < 4.78 is 12.8. The number of hydrogen-bond donors (Lipinski definition) is 0. The average Bonchev–Trinajstić information content (AvgIpc) is 2.86. The summed E-state index contributed by atoms with van der Waals surface area (Å²) >= 11 is 9.83. The molecule has 0 aliphatic heterocycles. The second-order valence-corrected chi connectivity index (χ2v) is 9.85. The van der Waals surface area contributed by atoms with Crippen molar-refractivity contribution in [1.82, 2.24) is 9.66 Å². The minimum atomic E-state index is -0.786. The van der Waals surface area contributed by atoms with Gasteiger partial charge >= 0.3 is 5.97 Å². The predicted octanol–water partition coefficient (Wildman–Crippen LogP) is 6.07. The summed E-state index contributed by atoms with van der Waals surface area (Å²) in [7, 11) is 0. The molecule has 1 aliphatic carbocycles. The highest BCUT2D eigenvalue weighted by Gasteiger charge is 2.22. The number of benzene rings is 2. The molecule has 2 aromatic carbocycles. The Kier molecular flexibility index (Phi) is 8.23. The minimum Gasteiger partial charge on any atom is -0.477 e. The Hall–Kier alpha value is -2.71. The van der Waals surface area contributed by atoms with Crippen molar-refractivity contribution in [3.63, 3.8) is 0 Å². The second kappa shape index (κ2) is 11.4. The Labute approximate surface area is 217 Å². The van der Waals surface area contributed by atoms with E-state index in [0.29, 0.717) is 33.1 Å². The highest BCUT2D eigenvalue weighted by molar-refractivity contribution is 9.10. The Morgan fingerprint density at radius 3 is 2.74 bits per heavy atom. The Morgan fingerprint density at radius 2 is 2.03 bits per heavy atom. The molecule has 1 fully saturated rings. The van der Waals surface area contributed by atoms with Crippen molar-refractivity contribution in [2.24, 2.45) is 5.10 Å². The molecule has 1 aliphatic rings. The van der Waals surface area contributed by atoms with Gasteiger partial charge < -0.3 is 9.47 Å². The van der Waals surface area contributed by atoms with Crippen molar-refractivity contribution in [2.45, 2.75) is 58.0 Å². The first-order valence-corrected chi connectivity index (χ1v) is 12.9. The quantitative estimate of drug-likeness (QED) is 0.259. The molecule has 0 bridgehead atoms. The van der Waals surface area contributed by atoms with Gasteiger partial charge in [0.25, 0.3) is 5.56 Å². The summed E-state index contributed by atoms with van der Waals surface area (Å²) in [5, 5.41) is 5.37. The van der Waals surface area contributed by atoms with Gasteiger partial charge in [-0.3, -0.25) is 4.79 Å². The lowest BCUT2D eigenvalue weighted by atomic mass is 9.88. The van der Waals surface area contributed by atoms with Gasteiger partial charge in [0.05, 0.1) is 28.7 Å². The van der Waals surface area contributed by atoms with Crippen LogP contribution in [-0.2, 0) is 9.53 Å². The lowest BCUT2D eigenvalue weighted by molar-refractivity contribution is -0.150. The van der Waals surface area contributed by atoms with Crippen molar-refractivity contribution in [1.29, 1.82) is 0 Å². The van der Waals surface area contributed by atoms with Gasteiger partial charge in [-0.05, 0) is 68.7 Å². The third kappa shape index (κ3) is 5.93. The third-order valence-electron chi connectivity index (χ3n) is 6.00. The fourth-order valence-electron chi connectivity index (χ4n) is 4.22. The molecular weight excluding hydrogens is 534 g/mol. The van der Waals surface area contributed by atoms with Gasteiger partial charge in [-0.25, -0.2) is 9.78 Å². The van der Waals surface area contributed by atoms with Crippen LogP contribution in [0.2, 0.25) is 5.02 Å². The molecule has 4 rings (SSSR count). The van der Waals surface area contributed by atoms with Crippen LogP contribution in [0.15, 0.2) is 50.8 Å². The highest BCUT2D eigenvalue weighted by atomic mass is 79.9. The van der Waals surface area contributed by atoms with Crippen LogP contribution in [0, 0.1) is 0 Å². The van der Waals surface area contributed by atoms with Crippen molar-refractivity contribution in [3.8, 4) is 5.75 Å². The zero-order valence-electron chi connectivity index (χ0n) is 19.7. The van der Waals surface area contributed by atoms with Crippen LogP contribution in [-0.4, -0.2) is 34.6 Å². The number of fused-ring (bicyclic) bond motifs is 1. The molecule has 7 nitrogen and oxygen atoms in total. The van der Waals surface area contributed by atoms with Crippen molar-refractivity contribution < 1.29 is 14.3 Å². The number of carbonyl (C=O) groups excluding carboxylic acids is 1. The molecule has 0 saturated heterocycles. The largest absolute Gasteiger partial charge is 0.477 e. The molecule has 0 N–H and O–H groups in total. The normalized spacial score (nSPS) is 15.4. The summed E-state index contributed by atoms with van der Waals surface area (Å²) in [5.41, 5.74) is 1.15. The smallest absolute Gasteiger partial charge is 0.347 e. The lowest BCUT2D eigenvalue weighted by Gasteiger charge is -2.22. The van der Waals surface area contributed by atoms with E-state index in [4.69, 9.17) is 26.1 Å². The van der Waals surface area contributed by atoms with Crippen LogP contribution in [0.5, 0.6) is 5.75 Å². The molecule has 0 unspecified atom stereocenters. The van der Waals surface area contributed by atoms with Gasteiger partial charge in [-0.1, -0.05) is 46.8 Å². The van der Waals surface area contributed by atoms with E-state index in [9.17, 15) is 9.59 Å². The molecule has 1 heterocycles. The van der Waals surface area contributed by atoms with Crippen LogP contribution in [0.1, 0.15) is 63.3 Å². The van der Waals surface area contributed by atoms with E-state index >= 15 is 0 Å². The second-order valence-electron chi connectivity index (χ2n) is 8.53. The number of halogens is 2. The third-order valence-corrected chi connectivity index (χ3v) is 6.79. The Balaban J connectivity index is 1.66. The maximum Gasteiger partial charge on any atom is 0.347 e.